The molecule has 118 valence electrons. The molecule has 0 radical (unpaired) electrons. The average Bonchev–Trinajstić information content (AvgIpc) is 2.57. The highest BCUT2D eigenvalue weighted by atomic mass is 14.2. The van der Waals surface area contributed by atoms with Gasteiger partial charge in [0.1, 0.15) is 0 Å². The second kappa shape index (κ2) is 5.49. The molecule has 0 fully saturated rings. The average molecular weight is 310 g/mol. The molecule has 0 heterocycles. The molecule has 0 N–H and O–H groups in total. The zero-order valence-electron chi connectivity index (χ0n) is 14.8. The quantitative estimate of drug-likeness (QED) is 0.336. The first-order valence-corrected chi connectivity index (χ1v) is 8.56. The first-order chi connectivity index (χ1) is 11.6. The van der Waals surface area contributed by atoms with Crippen LogP contribution < -0.4 is 0 Å². The van der Waals surface area contributed by atoms with Crippen LogP contribution in [-0.2, 0) is 0 Å². The minimum absolute atomic E-state index is 1.33. The first-order valence-electron chi connectivity index (χ1n) is 8.56. The van der Waals surface area contributed by atoms with E-state index < -0.39 is 0 Å². The molecule has 0 spiro atoms. The Labute approximate surface area is 143 Å². The van der Waals surface area contributed by atoms with Gasteiger partial charge in [-0.15, -0.1) is 0 Å². The summed E-state index contributed by atoms with van der Waals surface area (Å²) >= 11 is 0. The van der Waals surface area contributed by atoms with Gasteiger partial charge in [0, 0.05) is 0 Å². The first kappa shape index (κ1) is 15.0. The topological polar surface area (TPSA) is 0 Å². The summed E-state index contributed by atoms with van der Waals surface area (Å²) in [7, 11) is 0. The minimum atomic E-state index is 1.33. The Bertz CT molecular complexity index is 1000. The fraction of sp³-hybridized carbons (Fsp3) is 0.167. The summed E-state index contributed by atoms with van der Waals surface area (Å²) in [5.41, 5.74) is 8.16. The lowest BCUT2D eigenvalue weighted by Crippen LogP contribution is -1.94. The van der Waals surface area contributed by atoms with Gasteiger partial charge in [-0.2, -0.15) is 0 Å². The lowest BCUT2D eigenvalue weighted by molar-refractivity contribution is 1.33. The molecule has 0 amide bonds. The van der Waals surface area contributed by atoms with Gasteiger partial charge in [-0.25, -0.2) is 0 Å². The van der Waals surface area contributed by atoms with Crippen molar-refractivity contribution in [3.63, 3.8) is 0 Å². The molecule has 0 unspecified atom stereocenters. The van der Waals surface area contributed by atoms with Crippen LogP contribution in [0.2, 0.25) is 0 Å². The van der Waals surface area contributed by atoms with Gasteiger partial charge >= 0.3 is 0 Å². The number of rotatable bonds is 1. The van der Waals surface area contributed by atoms with Crippen molar-refractivity contribution in [2.45, 2.75) is 27.7 Å². The Kier molecular flexibility index (Phi) is 3.42. The molecular weight excluding hydrogens is 288 g/mol. The predicted octanol–water partition coefficient (Wildman–Crippen LogP) is 6.89. The Morgan fingerprint density at radius 3 is 1.38 bits per heavy atom. The molecule has 0 aliphatic carbocycles. The number of benzene rings is 4. The Morgan fingerprint density at radius 1 is 0.500 bits per heavy atom. The standard InChI is InChI=1S/C24H22/c1-15-13-16(2)23(17(3)14-15)24-21-11-7-5-9-19(21)18(4)20-10-6-8-12-22(20)24/h5-14H,1-4H3. The number of fused-ring (bicyclic) bond motifs is 2. The molecule has 24 heavy (non-hydrogen) atoms. The zero-order chi connectivity index (χ0) is 16.8. The fourth-order valence-corrected chi connectivity index (χ4v) is 4.19. The van der Waals surface area contributed by atoms with Crippen LogP contribution in [-0.4, -0.2) is 0 Å². The minimum Gasteiger partial charge on any atom is -0.0616 e. The third kappa shape index (κ3) is 2.14. The summed E-state index contributed by atoms with van der Waals surface area (Å²) in [5, 5.41) is 5.41. The van der Waals surface area contributed by atoms with Crippen LogP contribution in [0.25, 0.3) is 32.7 Å². The highest BCUT2D eigenvalue weighted by Crippen LogP contribution is 2.41. The summed E-state index contributed by atoms with van der Waals surface area (Å²) in [5.74, 6) is 0. The molecule has 4 rings (SSSR count). The molecular formula is C24H22. The lowest BCUT2D eigenvalue weighted by atomic mass is 9.85. The van der Waals surface area contributed by atoms with Crippen LogP contribution >= 0.6 is 0 Å². The third-order valence-corrected chi connectivity index (χ3v) is 5.13. The Balaban J connectivity index is 2.28. The van der Waals surface area contributed by atoms with E-state index in [2.05, 4.69) is 88.4 Å². The summed E-state index contributed by atoms with van der Waals surface area (Å²) in [6, 6.07) is 22.2. The number of hydrogen-bond acceptors (Lipinski definition) is 0. The predicted molar refractivity (Wildman–Crippen MR) is 106 cm³/mol. The van der Waals surface area contributed by atoms with Crippen molar-refractivity contribution in [3.05, 3.63) is 82.9 Å². The van der Waals surface area contributed by atoms with E-state index in [-0.39, 0.29) is 0 Å². The Morgan fingerprint density at radius 2 is 0.917 bits per heavy atom. The van der Waals surface area contributed by atoms with E-state index in [9.17, 15) is 0 Å². The van der Waals surface area contributed by atoms with E-state index in [1.165, 1.54) is 54.9 Å². The second-order valence-corrected chi connectivity index (χ2v) is 6.86. The van der Waals surface area contributed by atoms with E-state index in [4.69, 9.17) is 0 Å². The second-order valence-electron chi connectivity index (χ2n) is 6.86. The Hall–Kier alpha value is -2.60. The van der Waals surface area contributed by atoms with Gasteiger partial charge in [0.25, 0.3) is 0 Å². The van der Waals surface area contributed by atoms with Crippen molar-refractivity contribution in [3.8, 4) is 11.1 Å². The molecule has 0 nitrogen and oxygen atoms in total. The van der Waals surface area contributed by atoms with Gasteiger partial charge in [0.05, 0.1) is 0 Å². The van der Waals surface area contributed by atoms with Crippen LogP contribution in [0, 0.1) is 27.7 Å². The van der Waals surface area contributed by atoms with E-state index in [0.29, 0.717) is 0 Å². The van der Waals surface area contributed by atoms with Gasteiger partial charge in [0.15, 0.2) is 0 Å². The van der Waals surface area contributed by atoms with Crippen molar-refractivity contribution in [1.82, 2.24) is 0 Å². The maximum absolute atomic E-state index is 2.30. The van der Waals surface area contributed by atoms with Gasteiger partial charge in [0.2, 0.25) is 0 Å². The van der Waals surface area contributed by atoms with Gasteiger partial charge in [-0.05, 0) is 77.1 Å². The molecule has 0 heteroatoms. The van der Waals surface area contributed by atoms with Crippen LogP contribution in [0.3, 0.4) is 0 Å². The monoisotopic (exact) mass is 310 g/mol. The molecule has 0 saturated heterocycles. The zero-order valence-corrected chi connectivity index (χ0v) is 14.8. The largest absolute Gasteiger partial charge is 0.0616 e. The van der Waals surface area contributed by atoms with Crippen molar-refractivity contribution in [2.24, 2.45) is 0 Å². The normalized spacial score (nSPS) is 11.3. The summed E-state index contributed by atoms with van der Waals surface area (Å²) < 4.78 is 0. The van der Waals surface area contributed by atoms with Crippen LogP contribution in [0.15, 0.2) is 60.7 Å². The van der Waals surface area contributed by atoms with E-state index in [1.54, 1.807) is 0 Å². The van der Waals surface area contributed by atoms with Crippen LogP contribution in [0.1, 0.15) is 22.3 Å². The molecule has 0 aromatic heterocycles. The molecule has 0 atom stereocenters. The maximum Gasteiger partial charge on any atom is -0.00213 e. The summed E-state index contributed by atoms with van der Waals surface area (Å²) in [6.45, 7) is 8.88. The van der Waals surface area contributed by atoms with Gasteiger partial charge in [-0.3, -0.25) is 0 Å². The SMILES string of the molecule is Cc1cc(C)c(-c2c3ccccc3c(C)c3ccccc23)c(C)c1. The maximum atomic E-state index is 2.30. The highest BCUT2D eigenvalue weighted by Gasteiger charge is 2.16. The molecule has 4 aromatic rings. The smallest absolute Gasteiger partial charge is 0.00213 e. The lowest BCUT2D eigenvalue weighted by Gasteiger charge is -2.19. The summed E-state index contributed by atoms with van der Waals surface area (Å²) in [4.78, 5) is 0. The van der Waals surface area contributed by atoms with Crippen LogP contribution in [0.5, 0.6) is 0 Å². The van der Waals surface area contributed by atoms with Gasteiger partial charge < -0.3 is 0 Å². The third-order valence-electron chi connectivity index (χ3n) is 5.13. The highest BCUT2D eigenvalue weighted by molar-refractivity contribution is 6.15. The van der Waals surface area contributed by atoms with E-state index in [1.807, 2.05) is 0 Å². The van der Waals surface area contributed by atoms with Crippen molar-refractivity contribution in [1.29, 1.82) is 0 Å². The molecule has 0 aliphatic rings. The van der Waals surface area contributed by atoms with E-state index >= 15 is 0 Å². The van der Waals surface area contributed by atoms with Crippen molar-refractivity contribution < 1.29 is 0 Å². The van der Waals surface area contributed by atoms with Crippen LogP contribution in [0.4, 0.5) is 0 Å². The number of aryl methyl sites for hydroxylation is 4. The van der Waals surface area contributed by atoms with Crippen molar-refractivity contribution >= 4 is 21.5 Å². The van der Waals surface area contributed by atoms with Gasteiger partial charge in [-0.1, -0.05) is 66.2 Å². The molecule has 4 aromatic carbocycles. The summed E-state index contributed by atoms with van der Waals surface area (Å²) in [6.07, 6.45) is 0. The molecule has 0 saturated carbocycles. The fourth-order valence-electron chi connectivity index (χ4n) is 4.19. The molecule has 0 bridgehead atoms. The van der Waals surface area contributed by atoms with E-state index in [0.717, 1.165) is 0 Å². The molecule has 0 aliphatic heterocycles. The van der Waals surface area contributed by atoms with Crippen molar-refractivity contribution in [2.75, 3.05) is 0 Å². The number of hydrogen-bond donors (Lipinski definition) is 0.